The van der Waals surface area contributed by atoms with Crippen molar-refractivity contribution in [3.8, 4) is 11.5 Å². The van der Waals surface area contributed by atoms with Gasteiger partial charge in [-0.15, -0.1) is 0 Å². The van der Waals surface area contributed by atoms with Gasteiger partial charge in [0, 0.05) is 11.1 Å². The normalized spacial score (nSPS) is 12.4. The third-order valence-corrected chi connectivity index (χ3v) is 5.41. The summed E-state index contributed by atoms with van der Waals surface area (Å²) in [5.74, 6) is 1.51. The molecule has 0 radical (unpaired) electrons. The van der Waals surface area contributed by atoms with Gasteiger partial charge in [-0.2, -0.15) is 0 Å². The molecule has 0 saturated heterocycles. The van der Waals surface area contributed by atoms with E-state index in [2.05, 4.69) is 19.1 Å². The zero-order valence-electron chi connectivity index (χ0n) is 16.8. The van der Waals surface area contributed by atoms with E-state index in [1.165, 1.54) is 5.56 Å². The van der Waals surface area contributed by atoms with E-state index in [9.17, 15) is 5.11 Å². The summed E-state index contributed by atoms with van der Waals surface area (Å²) in [5.41, 5.74) is 1.46. The van der Waals surface area contributed by atoms with Gasteiger partial charge < -0.3 is 14.6 Å². The Labute approximate surface area is 167 Å². The first-order chi connectivity index (χ1) is 13.6. The second kappa shape index (κ2) is 8.94. The standard InChI is InChI=1S/C25H28O3/c1-4-19(20-12-6-5-7-13-20)18-25(26,21-14-8-10-16-23(21)27-2)22-15-9-11-17-24(22)28-3/h5-17,19,26H,4,18H2,1-3H3. The molecule has 3 nitrogen and oxygen atoms in total. The second-order valence-electron chi connectivity index (χ2n) is 6.98. The summed E-state index contributed by atoms with van der Waals surface area (Å²) in [6.45, 7) is 2.16. The van der Waals surface area contributed by atoms with Crippen molar-refractivity contribution in [1.29, 1.82) is 0 Å². The smallest absolute Gasteiger partial charge is 0.125 e. The Kier molecular flexibility index (Phi) is 6.37. The number of aliphatic hydroxyl groups is 1. The first kappa shape index (κ1) is 20.0. The summed E-state index contributed by atoms with van der Waals surface area (Å²) >= 11 is 0. The number of benzene rings is 3. The molecule has 28 heavy (non-hydrogen) atoms. The fourth-order valence-electron chi connectivity index (χ4n) is 3.92. The summed E-state index contributed by atoms with van der Waals surface area (Å²) in [4.78, 5) is 0. The zero-order valence-corrected chi connectivity index (χ0v) is 16.8. The fourth-order valence-corrected chi connectivity index (χ4v) is 3.92. The van der Waals surface area contributed by atoms with Gasteiger partial charge in [-0.1, -0.05) is 73.7 Å². The van der Waals surface area contributed by atoms with Crippen molar-refractivity contribution in [1.82, 2.24) is 0 Å². The molecule has 0 saturated carbocycles. The Morgan fingerprint density at radius 1 is 0.750 bits per heavy atom. The van der Waals surface area contributed by atoms with Crippen LogP contribution >= 0.6 is 0 Å². The number of rotatable bonds is 8. The topological polar surface area (TPSA) is 38.7 Å². The van der Waals surface area contributed by atoms with Crippen LogP contribution in [0.2, 0.25) is 0 Å². The third-order valence-electron chi connectivity index (χ3n) is 5.41. The van der Waals surface area contributed by atoms with Crippen molar-refractivity contribution in [2.45, 2.75) is 31.3 Å². The molecule has 0 aliphatic rings. The zero-order chi connectivity index (χ0) is 20.0. The predicted octanol–water partition coefficient (Wildman–Crippen LogP) is 5.52. The Morgan fingerprint density at radius 3 is 1.68 bits per heavy atom. The predicted molar refractivity (Wildman–Crippen MR) is 113 cm³/mol. The Morgan fingerprint density at radius 2 is 1.21 bits per heavy atom. The lowest BCUT2D eigenvalue weighted by Crippen LogP contribution is -2.31. The molecular formula is C25H28O3. The number of hydrogen-bond acceptors (Lipinski definition) is 3. The monoisotopic (exact) mass is 376 g/mol. The van der Waals surface area contributed by atoms with Crippen LogP contribution in [0.15, 0.2) is 78.9 Å². The maximum Gasteiger partial charge on any atom is 0.125 e. The van der Waals surface area contributed by atoms with Crippen LogP contribution < -0.4 is 9.47 Å². The van der Waals surface area contributed by atoms with Crippen LogP contribution in [-0.4, -0.2) is 19.3 Å². The van der Waals surface area contributed by atoms with Gasteiger partial charge in [-0.3, -0.25) is 0 Å². The molecule has 1 unspecified atom stereocenters. The number of ether oxygens (including phenoxy) is 2. The average molecular weight is 376 g/mol. The minimum atomic E-state index is -1.25. The van der Waals surface area contributed by atoms with E-state index >= 15 is 0 Å². The molecule has 3 heteroatoms. The molecule has 0 amide bonds. The van der Waals surface area contributed by atoms with Crippen LogP contribution in [0, 0.1) is 0 Å². The Balaban J connectivity index is 2.17. The van der Waals surface area contributed by atoms with Gasteiger partial charge in [0.15, 0.2) is 0 Å². The van der Waals surface area contributed by atoms with E-state index in [-0.39, 0.29) is 5.92 Å². The minimum absolute atomic E-state index is 0.182. The molecule has 1 N–H and O–H groups in total. The van der Waals surface area contributed by atoms with Crippen LogP contribution in [0.25, 0.3) is 0 Å². The summed E-state index contributed by atoms with van der Waals surface area (Å²) in [7, 11) is 3.27. The van der Waals surface area contributed by atoms with Crippen molar-refractivity contribution in [3.63, 3.8) is 0 Å². The van der Waals surface area contributed by atoms with Crippen LogP contribution in [0.4, 0.5) is 0 Å². The first-order valence-corrected chi connectivity index (χ1v) is 9.68. The Hall–Kier alpha value is -2.78. The molecule has 3 aromatic carbocycles. The highest BCUT2D eigenvalue weighted by molar-refractivity contribution is 5.50. The van der Waals surface area contributed by atoms with Crippen molar-refractivity contribution in [3.05, 3.63) is 95.6 Å². The van der Waals surface area contributed by atoms with E-state index < -0.39 is 5.60 Å². The molecule has 0 fully saturated rings. The molecule has 0 bridgehead atoms. The highest BCUT2D eigenvalue weighted by Gasteiger charge is 2.39. The number of methoxy groups -OCH3 is 2. The highest BCUT2D eigenvalue weighted by Crippen LogP contribution is 2.46. The van der Waals surface area contributed by atoms with Crippen LogP contribution in [-0.2, 0) is 5.60 Å². The van der Waals surface area contributed by atoms with E-state index in [0.717, 1.165) is 17.5 Å². The molecule has 0 aromatic heterocycles. The average Bonchev–Trinajstić information content (AvgIpc) is 2.77. The maximum atomic E-state index is 12.2. The lowest BCUT2D eigenvalue weighted by Gasteiger charge is -2.35. The van der Waals surface area contributed by atoms with Gasteiger partial charge in [-0.05, 0) is 36.5 Å². The number of hydrogen-bond donors (Lipinski definition) is 1. The molecule has 1 atom stereocenters. The summed E-state index contributed by atoms with van der Waals surface area (Å²) < 4.78 is 11.2. The lowest BCUT2D eigenvalue weighted by molar-refractivity contribution is 0.0570. The van der Waals surface area contributed by atoms with Crippen LogP contribution in [0.5, 0.6) is 11.5 Å². The van der Waals surface area contributed by atoms with Gasteiger partial charge in [0.1, 0.15) is 17.1 Å². The second-order valence-corrected chi connectivity index (χ2v) is 6.98. The van der Waals surface area contributed by atoms with Crippen LogP contribution in [0.1, 0.15) is 42.4 Å². The minimum Gasteiger partial charge on any atom is -0.496 e. The van der Waals surface area contributed by atoms with E-state index in [4.69, 9.17) is 9.47 Å². The third kappa shape index (κ3) is 3.90. The lowest BCUT2D eigenvalue weighted by atomic mass is 9.76. The van der Waals surface area contributed by atoms with E-state index in [1.807, 2.05) is 66.7 Å². The largest absolute Gasteiger partial charge is 0.496 e. The summed E-state index contributed by atoms with van der Waals surface area (Å²) in [6, 6.07) is 25.7. The molecular weight excluding hydrogens is 348 g/mol. The summed E-state index contributed by atoms with van der Waals surface area (Å²) in [6.07, 6.45) is 1.44. The molecule has 0 heterocycles. The molecule has 0 spiro atoms. The van der Waals surface area contributed by atoms with Gasteiger partial charge in [-0.25, -0.2) is 0 Å². The van der Waals surface area contributed by atoms with Crippen molar-refractivity contribution >= 4 is 0 Å². The first-order valence-electron chi connectivity index (χ1n) is 9.68. The van der Waals surface area contributed by atoms with E-state index in [0.29, 0.717) is 17.9 Å². The van der Waals surface area contributed by atoms with Crippen molar-refractivity contribution < 1.29 is 14.6 Å². The van der Waals surface area contributed by atoms with Gasteiger partial charge >= 0.3 is 0 Å². The molecule has 3 rings (SSSR count). The van der Waals surface area contributed by atoms with Crippen molar-refractivity contribution in [2.75, 3.05) is 14.2 Å². The molecule has 0 aliphatic carbocycles. The van der Waals surface area contributed by atoms with E-state index in [1.54, 1.807) is 14.2 Å². The van der Waals surface area contributed by atoms with Crippen LogP contribution in [0.3, 0.4) is 0 Å². The number of para-hydroxylation sites is 2. The van der Waals surface area contributed by atoms with Gasteiger partial charge in [0.25, 0.3) is 0 Å². The van der Waals surface area contributed by atoms with Gasteiger partial charge in [0.05, 0.1) is 14.2 Å². The Bertz CT molecular complexity index is 842. The fraction of sp³-hybridized carbons (Fsp3) is 0.280. The summed E-state index contributed by atoms with van der Waals surface area (Å²) in [5, 5.41) is 12.2. The van der Waals surface area contributed by atoms with Gasteiger partial charge in [0.2, 0.25) is 0 Å². The molecule has 0 aliphatic heterocycles. The maximum absolute atomic E-state index is 12.2. The van der Waals surface area contributed by atoms with Crippen molar-refractivity contribution in [2.24, 2.45) is 0 Å². The quantitative estimate of drug-likeness (QED) is 0.562. The SMILES string of the molecule is CCC(CC(O)(c1ccccc1OC)c1ccccc1OC)c1ccccc1. The molecule has 3 aromatic rings. The molecule has 146 valence electrons. The highest BCUT2D eigenvalue weighted by atomic mass is 16.5.